The Kier molecular flexibility index (Phi) is 6.02. The number of ether oxygens (including phenoxy) is 2. The largest absolute Gasteiger partial charge is 0.389 e. The molecule has 126 valence electrons. The molecule has 5 heteroatoms. The SMILES string of the molecule is CN(Cc1csc2ccccc12)C[C@H](O)COC1CCOCC1. The number of thiophene rings is 1. The fourth-order valence-corrected chi connectivity index (χ4v) is 3.97. The molecule has 1 aromatic heterocycles. The molecule has 4 nitrogen and oxygen atoms in total. The van der Waals surface area contributed by atoms with E-state index in [0.717, 1.165) is 32.6 Å². The van der Waals surface area contributed by atoms with Gasteiger partial charge < -0.3 is 14.6 Å². The molecule has 0 amide bonds. The fourth-order valence-electron chi connectivity index (χ4n) is 3.01. The molecule has 0 saturated carbocycles. The van der Waals surface area contributed by atoms with Gasteiger partial charge in [0, 0.05) is 31.0 Å². The molecule has 1 fully saturated rings. The van der Waals surface area contributed by atoms with Crippen molar-refractivity contribution in [2.45, 2.75) is 31.6 Å². The standard InChI is InChI=1S/C18H25NO3S/c1-19(10-14-13-23-18-5-3-2-4-17(14)18)11-15(20)12-22-16-6-8-21-9-7-16/h2-5,13,15-16,20H,6-12H2,1H3/t15-/m0/s1. The molecule has 1 aliphatic heterocycles. The van der Waals surface area contributed by atoms with Crippen LogP contribution in [0.25, 0.3) is 10.1 Å². The van der Waals surface area contributed by atoms with E-state index in [9.17, 15) is 5.11 Å². The smallest absolute Gasteiger partial charge is 0.0900 e. The average Bonchev–Trinajstić information content (AvgIpc) is 2.97. The minimum absolute atomic E-state index is 0.240. The normalized spacial score (nSPS) is 17.9. The number of rotatable bonds is 7. The molecular weight excluding hydrogens is 310 g/mol. The molecule has 23 heavy (non-hydrogen) atoms. The van der Waals surface area contributed by atoms with Crippen molar-refractivity contribution in [3.05, 3.63) is 35.2 Å². The summed E-state index contributed by atoms with van der Waals surface area (Å²) < 4.78 is 12.4. The minimum atomic E-state index is -0.451. The Morgan fingerprint density at radius 2 is 2.13 bits per heavy atom. The van der Waals surface area contributed by atoms with E-state index in [2.05, 4.69) is 34.5 Å². The van der Waals surface area contributed by atoms with Gasteiger partial charge in [0.1, 0.15) is 0 Å². The number of fused-ring (bicyclic) bond motifs is 1. The summed E-state index contributed by atoms with van der Waals surface area (Å²) in [6.45, 7) is 3.41. The summed E-state index contributed by atoms with van der Waals surface area (Å²) in [5.41, 5.74) is 1.32. The summed E-state index contributed by atoms with van der Waals surface area (Å²) in [6.07, 6.45) is 1.66. The molecule has 0 bridgehead atoms. The van der Waals surface area contributed by atoms with Crippen molar-refractivity contribution in [1.82, 2.24) is 4.90 Å². The van der Waals surface area contributed by atoms with Gasteiger partial charge in [-0.1, -0.05) is 18.2 Å². The Bertz CT molecular complexity index is 609. The second-order valence-corrected chi connectivity index (χ2v) is 7.16. The number of nitrogens with zero attached hydrogens (tertiary/aromatic N) is 1. The fraction of sp³-hybridized carbons (Fsp3) is 0.556. The molecule has 0 radical (unpaired) electrons. The first-order valence-electron chi connectivity index (χ1n) is 8.23. The zero-order valence-corrected chi connectivity index (χ0v) is 14.4. The molecule has 2 aromatic rings. The van der Waals surface area contributed by atoms with Crippen LogP contribution in [0.2, 0.25) is 0 Å². The second kappa shape index (κ2) is 8.22. The van der Waals surface area contributed by atoms with E-state index in [4.69, 9.17) is 9.47 Å². The van der Waals surface area contributed by atoms with Gasteiger partial charge in [0.25, 0.3) is 0 Å². The summed E-state index contributed by atoms with van der Waals surface area (Å²) in [6, 6.07) is 8.47. The maximum atomic E-state index is 10.2. The quantitative estimate of drug-likeness (QED) is 0.845. The highest BCUT2D eigenvalue weighted by molar-refractivity contribution is 7.17. The number of hydrogen-bond acceptors (Lipinski definition) is 5. The van der Waals surface area contributed by atoms with Crippen molar-refractivity contribution in [2.24, 2.45) is 0 Å². The van der Waals surface area contributed by atoms with E-state index in [0.29, 0.717) is 13.2 Å². The Morgan fingerprint density at radius 1 is 1.35 bits per heavy atom. The first-order valence-corrected chi connectivity index (χ1v) is 9.11. The highest BCUT2D eigenvalue weighted by atomic mass is 32.1. The summed E-state index contributed by atoms with van der Waals surface area (Å²) in [5, 5.41) is 13.7. The lowest BCUT2D eigenvalue weighted by Gasteiger charge is -2.25. The van der Waals surface area contributed by atoms with Gasteiger partial charge in [-0.05, 0) is 42.3 Å². The predicted octanol–water partition coefficient (Wildman–Crippen LogP) is 2.89. The Labute approximate surface area is 141 Å². The van der Waals surface area contributed by atoms with E-state index in [1.165, 1.54) is 15.6 Å². The molecule has 2 heterocycles. The van der Waals surface area contributed by atoms with Crippen LogP contribution in [-0.2, 0) is 16.0 Å². The number of benzene rings is 1. The van der Waals surface area contributed by atoms with E-state index in [1.807, 2.05) is 7.05 Å². The highest BCUT2D eigenvalue weighted by Crippen LogP contribution is 2.26. The molecule has 1 saturated heterocycles. The van der Waals surface area contributed by atoms with Gasteiger partial charge >= 0.3 is 0 Å². The summed E-state index contributed by atoms with van der Waals surface area (Å²) in [5.74, 6) is 0. The zero-order valence-electron chi connectivity index (χ0n) is 13.6. The first kappa shape index (κ1) is 16.9. The van der Waals surface area contributed by atoms with Gasteiger partial charge in [-0.3, -0.25) is 4.90 Å². The summed E-state index contributed by atoms with van der Waals surface area (Å²) in [7, 11) is 2.05. The van der Waals surface area contributed by atoms with Crippen LogP contribution in [0.5, 0.6) is 0 Å². The first-order chi connectivity index (χ1) is 11.2. The monoisotopic (exact) mass is 335 g/mol. The van der Waals surface area contributed by atoms with Crippen molar-refractivity contribution < 1.29 is 14.6 Å². The van der Waals surface area contributed by atoms with Crippen molar-refractivity contribution in [3.8, 4) is 0 Å². The van der Waals surface area contributed by atoms with Crippen LogP contribution < -0.4 is 0 Å². The molecule has 1 aromatic carbocycles. The van der Waals surface area contributed by atoms with Crippen molar-refractivity contribution in [3.63, 3.8) is 0 Å². The molecule has 1 aliphatic rings. The minimum Gasteiger partial charge on any atom is -0.389 e. The maximum absolute atomic E-state index is 10.2. The van der Waals surface area contributed by atoms with Crippen LogP contribution >= 0.6 is 11.3 Å². The van der Waals surface area contributed by atoms with Crippen molar-refractivity contribution in [2.75, 3.05) is 33.4 Å². The second-order valence-electron chi connectivity index (χ2n) is 6.25. The van der Waals surface area contributed by atoms with Gasteiger partial charge in [0.2, 0.25) is 0 Å². The topological polar surface area (TPSA) is 41.9 Å². The predicted molar refractivity (Wildman–Crippen MR) is 94.0 cm³/mol. The maximum Gasteiger partial charge on any atom is 0.0900 e. The third-order valence-corrected chi connectivity index (χ3v) is 5.23. The van der Waals surface area contributed by atoms with Crippen LogP contribution in [0.4, 0.5) is 0 Å². The van der Waals surface area contributed by atoms with Gasteiger partial charge in [-0.15, -0.1) is 11.3 Å². The van der Waals surface area contributed by atoms with Crippen LogP contribution in [0.3, 0.4) is 0 Å². The molecule has 3 rings (SSSR count). The van der Waals surface area contributed by atoms with E-state index >= 15 is 0 Å². The van der Waals surface area contributed by atoms with Crippen molar-refractivity contribution >= 4 is 21.4 Å². The number of aliphatic hydroxyl groups excluding tert-OH is 1. The highest BCUT2D eigenvalue weighted by Gasteiger charge is 2.17. The third kappa shape index (κ3) is 4.75. The summed E-state index contributed by atoms with van der Waals surface area (Å²) >= 11 is 1.78. The third-order valence-electron chi connectivity index (χ3n) is 4.22. The van der Waals surface area contributed by atoms with Crippen LogP contribution in [-0.4, -0.2) is 55.6 Å². The number of aliphatic hydroxyl groups is 1. The van der Waals surface area contributed by atoms with Gasteiger partial charge in [0.05, 0.1) is 18.8 Å². The van der Waals surface area contributed by atoms with Gasteiger partial charge in [0.15, 0.2) is 0 Å². The van der Waals surface area contributed by atoms with Crippen molar-refractivity contribution in [1.29, 1.82) is 0 Å². The molecule has 1 N–H and O–H groups in total. The molecular formula is C18H25NO3S. The van der Waals surface area contributed by atoms with E-state index in [1.54, 1.807) is 11.3 Å². The van der Waals surface area contributed by atoms with Crippen LogP contribution in [0.1, 0.15) is 18.4 Å². The zero-order chi connectivity index (χ0) is 16.1. The van der Waals surface area contributed by atoms with E-state index < -0.39 is 6.10 Å². The molecule has 1 atom stereocenters. The molecule has 0 aliphatic carbocycles. The van der Waals surface area contributed by atoms with Crippen LogP contribution in [0, 0.1) is 0 Å². The van der Waals surface area contributed by atoms with Gasteiger partial charge in [-0.25, -0.2) is 0 Å². The Hall–Kier alpha value is -0.980. The Balaban J connectivity index is 1.45. The lowest BCUT2D eigenvalue weighted by molar-refractivity contribution is -0.0633. The molecule has 0 unspecified atom stereocenters. The lowest BCUT2D eigenvalue weighted by atomic mass is 10.1. The average molecular weight is 335 g/mol. The van der Waals surface area contributed by atoms with Gasteiger partial charge in [-0.2, -0.15) is 0 Å². The molecule has 0 spiro atoms. The lowest BCUT2D eigenvalue weighted by Crippen LogP contribution is -2.34. The Morgan fingerprint density at radius 3 is 2.96 bits per heavy atom. The number of hydrogen-bond donors (Lipinski definition) is 1. The summed E-state index contributed by atoms with van der Waals surface area (Å²) in [4.78, 5) is 2.16. The van der Waals surface area contributed by atoms with E-state index in [-0.39, 0.29) is 6.10 Å². The van der Waals surface area contributed by atoms with Crippen LogP contribution in [0.15, 0.2) is 29.6 Å². The number of likely N-dealkylation sites (N-methyl/N-ethyl adjacent to an activating group) is 1.